The van der Waals surface area contributed by atoms with E-state index in [9.17, 15) is 4.79 Å². The Bertz CT molecular complexity index is 237. The molecule has 16 heavy (non-hydrogen) atoms. The highest BCUT2D eigenvalue weighted by Gasteiger charge is 2.19. The van der Waals surface area contributed by atoms with Crippen LogP contribution in [0.5, 0.6) is 0 Å². The molecule has 0 unspecified atom stereocenters. The third kappa shape index (κ3) is 4.10. The van der Waals surface area contributed by atoms with E-state index in [2.05, 4.69) is 0 Å². The number of nitrogens with zero attached hydrogens (tertiary/aromatic N) is 2. The van der Waals surface area contributed by atoms with Crippen LogP contribution in [-0.4, -0.2) is 55.7 Å². The zero-order chi connectivity index (χ0) is 11.8. The highest BCUT2D eigenvalue weighted by Crippen LogP contribution is 2.03. The molecule has 2 amide bonds. The maximum absolute atomic E-state index is 11.9. The van der Waals surface area contributed by atoms with Crippen LogP contribution in [0.1, 0.15) is 12.8 Å². The van der Waals surface area contributed by atoms with Gasteiger partial charge in [0, 0.05) is 26.7 Å². The van der Waals surface area contributed by atoms with Crippen molar-refractivity contribution in [1.82, 2.24) is 9.80 Å². The van der Waals surface area contributed by atoms with Gasteiger partial charge in [0.25, 0.3) is 0 Å². The second-order valence-corrected chi connectivity index (χ2v) is 3.87. The van der Waals surface area contributed by atoms with Crippen LogP contribution in [0.4, 0.5) is 4.79 Å². The molecule has 0 spiro atoms. The minimum absolute atomic E-state index is 0.0972. The van der Waals surface area contributed by atoms with Crippen molar-refractivity contribution in [2.45, 2.75) is 12.8 Å². The molecule has 1 aliphatic rings. The van der Waals surface area contributed by atoms with E-state index in [0.29, 0.717) is 26.3 Å². The van der Waals surface area contributed by atoms with Gasteiger partial charge >= 0.3 is 6.03 Å². The number of carbonyl (C=O) groups is 1. The zero-order valence-electron chi connectivity index (χ0n) is 9.89. The smallest absolute Gasteiger partial charge is 0.319 e. The number of unbranched alkanes of at least 4 members (excludes halogenated alkanes) is 1. The molecule has 0 aromatic carbocycles. The molecule has 1 rings (SSSR count). The van der Waals surface area contributed by atoms with E-state index in [1.807, 2.05) is 18.0 Å². The summed E-state index contributed by atoms with van der Waals surface area (Å²) in [7, 11) is 1.84. The fraction of sp³-hybridized carbons (Fsp3) is 0.727. The lowest BCUT2D eigenvalue weighted by Gasteiger charge is -2.31. The van der Waals surface area contributed by atoms with E-state index in [0.717, 1.165) is 19.4 Å². The van der Waals surface area contributed by atoms with Gasteiger partial charge in [-0.1, -0.05) is 6.08 Å². The van der Waals surface area contributed by atoms with Crippen molar-refractivity contribution < 1.29 is 9.53 Å². The van der Waals surface area contributed by atoms with Gasteiger partial charge in [-0.2, -0.15) is 0 Å². The molecular weight excluding hydrogens is 206 g/mol. The molecule has 5 heteroatoms. The van der Waals surface area contributed by atoms with Gasteiger partial charge in [0.2, 0.25) is 0 Å². The molecule has 5 nitrogen and oxygen atoms in total. The number of carbonyl (C=O) groups excluding carboxylic acids is 1. The third-order valence-corrected chi connectivity index (χ3v) is 2.61. The first-order valence-corrected chi connectivity index (χ1v) is 5.70. The SMILES string of the molecule is CN(CCC/C=C\N)C(=O)N1CCOCC1. The quantitative estimate of drug-likeness (QED) is 0.716. The summed E-state index contributed by atoms with van der Waals surface area (Å²) in [5.41, 5.74) is 5.24. The minimum atomic E-state index is 0.0972. The van der Waals surface area contributed by atoms with Crippen molar-refractivity contribution >= 4 is 6.03 Å². The molecule has 1 saturated heterocycles. The van der Waals surface area contributed by atoms with E-state index in [1.165, 1.54) is 0 Å². The third-order valence-electron chi connectivity index (χ3n) is 2.61. The van der Waals surface area contributed by atoms with Crippen LogP contribution >= 0.6 is 0 Å². The second kappa shape index (κ2) is 7.11. The van der Waals surface area contributed by atoms with E-state index in [4.69, 9.17) is 10.5 Å². The lowest BCUT2D eigenvalue weighted by molar-refractivity contribution is 0.0453. The molecule has 0 aromatic heterocycles. The Morgan fingerprint density at radius 2 is 2.19 bits per heavy atom. The second-order valence-electron chi connectivity index (χ2n) is 3.87. The highest BCUT2D eigenvalue weighted by atomic mass is 16.5. The number of morpholine rings is 1. The molecule has 1 aliphatic heterocycles. The Kier molecular flexibility index (Phi) is 5.71. The van der Waals surface area contributed by atoms with Crippen molar-refractivity contribution in [3.63, 3.8) is 0 Å². The van der Waals surface area contributed by atoms with Gasteiger partial charge in [-0.3, -0.25) is 0 Å². The fourth-order valence-corrected chi connectivity index (χ4v) is 1.63. The first-order chi connectivity index (χ1) is 7.75. The van der Waals surface area contributed by atoms with Crippen LogP contribution < -0.4 is 5.73 Å². The van der Waals surface area contributed by atoms with Gasteiger partial charge in [-0.15, -0.1) is 0 Å². The summed E-state index contributed by atoms with van der Waals surface area (Å²) in [6.07, 6.45) is 5.31. The predicted octanol–water partition coefficient (Wildman–Crippen LogP) is 0.623. The Balaban J connectivity index is 2.23. The van der Waals surface area contributed by atoms with Gasteiger partial charge in [0.15, 0.2) is 0 Å². The maximum Gasteiger partial charge on any atom is 0.319 e. The highest BCUT2D eigenvalue weighted by molar-refractivity contribution is 5.74. The van der Waals surface area contributed by atoms with Crippen molar-refractivity contribution in [3.05, 3.63) is 12.3 Å². The summed E-state index contributed by atoms with van der Waals surface area (Å²) in [5, 5.41) is 0. The van der Waals surface area contributed by atoms with E-state index < -0.39 is 0 Å². The predicted molar refractivity (Wildman–Crippen MR) is 63.0 cm³/mol. The number of urea groups is 1. The summed E-state index contributed by atoms with van der Waals surface area (Å²) < 4.78 is 5.21. The Hall–Kier alpha value is -1.23. The molecular formula is C11H21N3O2. The summed E-state index contributed by atoms with van der Waals surface area (Å²) in [6.45, 7) is 3.46. The van der Waals surface area contributed by atoms with Crippen LogP contribution in [-0.2, 0) is 4.74 Å². The van der Waals surface area contributed by atoms with Crippen molar-refractivity contribution in [3.8, 4) is 0 Å². The molecule has 1 heterocycles. The number of hydrogen-bond acceptors (Lipinski definition) is 3. The topological polar surface area (TPSA) is 58.8 Å². The molecule has 0 radical (unpaired) electrons. The van der Waals surface area contributed by atoms with Gasteiger partial charge < -0.3 is 20.3 Å². The Labute approximate surface area is 96.8 Å². The largest absolute Gasteiger partial charge is 0.405 e. The number of nitrogens with two attached hydrogens (primary N) is 1. The van der Waals surface area contributed by atoms with Crippen LogP contribution in [0.25, 0.3) is 0 Å². The van der Waals surface area contributed by atoms with E-state index in [-0.39, 0.29) is 6.03 Å². The average molecular weight is 227 g/mol. The minimum Gasteiger partial charge on any atom is -0.405 e. The normalized spacial score (nSPS) is 16.7. The van der Waals surface area contributed by atoms with Gasteiger partial charge in [-0.25, -0.2) is 4.79 Å². The lowest BCUT2D eigenvalue weighted by atomic mass is 10.3. The number of hydrogen-bond donors (Lipinski definition) is 1. The fourth-order valence-electron chi connectivity index (χ4n) is 1.63. The van der Waals surface area contributed by atoms with Gasteiger partial charge in [0.1, 0.15) is 0 Å². The summed E-state index contributed by atoms with van der Waals surface area (Å²) >= 11 is 0. The van der Waals surface area contributed by atoms with Crippen LogP contribution in [0, 0.1) is 0 Å². The molecule has 1 fully saturated rings. The molecule has 0 aliphatic carbocycles. The molecule has 2 N–H and O–H groups in total. The lowest BCUT2D eigenvalue weighted by Crippen LogP contribution is -2.47. The monoisotopic (exact) mass is 227 g/mol. The average Bonchev–Trinajstić information content (AvgIpc) is 2.34. The van der Waals surface area contributed by atoms with E-state index >= 15 is 0 Å². The molecule has 92 valence electrons. The standard InChI is InChI=1S/C11H21N3O2/c1-13(6-4-2-3-5-12)11(15)14-7-9-16-10-8-14/h3,5H,2,4,6-10,12H2,1H3/b5-3-. The first-order valence-electron chi connectivity index (χ1n) is 5.70. The van der Waals surface area contributed by atoms with Crippen LogP contribution in [0.2, 0.25) is 0 Å². The molecule has 0 saturated carbocycles. The van der Waals surface area contributed by atoms with Gasteiger partial charge in [0.05, 0.1) is 13.2 Å². The Morgan fingerprint density at radius 3 is 2.81 bits per heavy atom. The van der Waals surface area contributed by atoms with Gasteiger partial charge in [-0.05, 0) is 19.0 Å². The summed E-state index contributed by atoms with van der Waals surface area (Å²) in [5.74, 6) is 0. The molecule has 0 atom stereocenters. The van der Waals surface area contributed by atoms with E-state index in [1.54, 1.807) is 11.1 Å². The summed E-state index contributed by atoms with van der Waals surface area (Å²) in [4.78, 5) is 15.5. The van der Waals surface area contributed by atoms with Crippen LogP contribution in [0.15, 0.2) is 12.3 Å². The molecule has 0 aromatic rings. The van der Waals surface area contributed by atoms with Crippen molar-refractivity contribution in [1.29, 1.82) is 0 Å². The Morgan fingerprint density at radius 1 is 1.50 bits per heavy atom. The maximum atomic E-state index is 11.9. The molecule has 0 bridgehead atoms. The number of amides is 2. The summed E-state index contributed by atoms with van der Waals surface area (Å²) in [6, 6.07) is 0.0972. The van der Waals surface area contributed by atoms with Crippen molar-refractivity contribution in [2.75, 3.05) is 39.9 Å². The van der Waals surface area contributed by atoms with Crippen molar-refractivity contribution in [2.24, 2.45) is 5.73 Å². The number of ether oxygens (including phenoxy) is 1. The first kappa shape index (κ1) is 12.8. The van der Waals surface area contributed by atoms with Crippen LogP contribution in [0.3, 0.4) is 0 Å². The number of allylic oxidation sites excluding steroid dienone is 1. The number of rotatable bonds is 4. The zero-order valence-corrected chi connectivity index (χ0v) is 9.89.